The maximum absolute atomic E-state index is 5.78. The summed E-state index contributed by atoms with van der Waals surface area (Å²) in [5.41, 5.74) is 10.7. The van der Waals surface area contributed by atoms with E-state index in [4.69, 9.17) is 5.73 Å². The summed E-state index contributed by atoms with van der Waals surface area (Å²) in [6, 6.07) is 6.65. The monoisotopic (exact) mass is 246 g/mol. The fourth-order valence-corrected chi connectivity index (χ4v) is 2.66. The van der Waals surface area contributed by atoms with Crippen LogP contribution in [0.15, 0.2) is 23.6 Å². The van der Waals surface area contributed by atoms with Crippen molar-refractivity contribution in [3.05, 3.63) is 39.7 Å². The van der Waals surface area contributed by atoms with Crippen molar-refractivity contribution in [2.75, 3.05) is 0 Å². The summed E-state index contributed by atoms with van der Waals surface area (Å²) < 4.78 is 0. The largest absolute Gasteiger partial charge is 0.328 e. The van der Waals surface area contributed by atoms with Gasteiger partial charge >= 0.3 is 0 Å². The minimum absolute atomic E-state index is 0.175. The number of aryl methyl sites for hydroxylation is 2. The van der Waals surface area contributed by atoms with Crippen molar-refractivity contribution in [1.82, 2.24) is 4.98 Å². The van der Waals surface area contributed by atoms with E-state index in [2.05, 4.69) is 42.4 Å². The van der Waals surface area contributed by atoms with Gasteiger partial charge in [-0.1, -0.05) is 12.1 Å². The maximum atomic E-state index is 5.78. The number of thiazole rings is 1. The van der Waals surface area contributed by atoms with Gasteiger partial charge in [-0.15, -0.1) is 11.3 Å². The quantitative estimate of drug-likeness (QED) is 0.902. The van der Waals surface area contributed by atoms with Crippen LogP contribution in [0.3, 0.4) is 0 Å². The zero-order valence-corrected chi connectivity index (χ0v) is 11.3. The summed E-state index contributed by atoms with van der Waals surface area (Å²) in [5.74, 6) is 0. The van der Waals surface area contributed by atoms with E-state index in [0.29, 0.717) is 0 Å². The smallest absolute Gasteiger partial charge is 0.0947 e. The molecule has 0 fully saturated rings. The molecule has 0 bridgehead atoms. The molecule has 2 nitrogen and oxygen atoms in total. The molecule has 1 aromatic heterocycles. The second-order valence-electron chi connectivity index (χ2n) is 4.61. The first-order valence-electron chi connectivity index (χ1n) is 5.84. The van der Waals surface area contributed by atoms with Gasteiger partial charge in [0.1, 0.15) is 0 Å². The van der Waals surface area contributed by atoms with E-state index in [1.807, 2.05) is 6.92 Å². The summed E-state index contributed by atoms with van der Waals surface area (Å²) >= 11 is 1.69. The van der Waals surface area contributed by atoms with Crippen LogP contribution in [-0.2, 0) is 6.42 Å². The van der Waals surface area contributed by atoms with Crippen molar-refractivity contribution < 1.29 is 0 Å². The van der Waals surface area contributed by atoms with E-state index < -0.39 is 0 Å². The third kappa shape index (κ3) is 2.93. The topological polar surface area (TPSA) is 38.9 Å². The third-order valence-corrected chi connectivity index (χ3v) is 3.72. The molecule has 0 radical (unpaired) electrons. The van der Waals surface area contributed by atoms with Crippen molar-refractivity contribution in [3.8, 4) is 11.3 Å². The Labute approximate surface area is 107 Å². The van der Waals surface area contributed by atoms with Crippen LogP contribution in [0.4, 0.5) is 0 Å². The van der Waals surface area contributed by atoms with Gasteiger partial charge in [-0.2, -0.15) is 0 Å². The lowest BCUT2D eigenvalue weighted by molar-refractivity contribution is 0.734. The number of nitrogens with two attached hydrogens (primary N) is 1. The highest BCUT2D eigenvalue weighted by atomic mass is 32.1. The standard InChI is InChI=1S/C14H18N2S/c1-9-4-5-12(6-10(9)2)13-8-17-14(16-13)7-11(3)15/h4-6,8,11H,7,15H2,1-3H3. The summed E-state index contributed by atoms with van der Waals surface area (Å²) in [7, 11) is 0. The predicted molar refractivity (Wildman–Crippen MR) is 74.4 cm³/mol. The minimum atomic E-state index is 0.175. The van der Waals surface area contributed by atoms with E-state index in [1.54, 1.807) is 11.3 Å². The van der Waals surface area contributed by atoms with Gasteiger partial charge in [0.05, 0.1) is 10.7 Å². The van der Waals surface area contributed by atoms with E-state index in [0.717, 1.165) is 17.1 Å². The van der Waals surface area contributed by atoms with Gasteiger partial charge in [0.25, 0.3) is 0 Å². The highest BCUT2D eigenvalue weighted by molar-refractivity contribution is 7.09. The molecule has 1 aromatic carbocycles. The molecule has 1 heterocycles. The molecule has 2 aromatic rings. The van der Waals surface area contributed by atoms with Gasteiger partial charge in [0, 0.05) is 23.4 Å². The van der Waals surface area contributed by atoms with Crippen molar-refractivity contribution >= 4 is 11.3 Å². The Morgan fingerprint density at radius 1 is 1.29 bits per heavy atom. The SMILES string of the molecule is Cc1ccc(-c2csc(CC(C)N)n2)cc1C. The van der Waals surface area contributed by atoms with Crippen LogP contribution in [-0.4, -0.2) is 11.0 Å². The molecule has 0 aliphatic rings. The normalized spacial score (nSPS) is 12.7. The summed E-state index contributed by atoms with van der Waals surface area (Å²) in [6.07, 6.45) is 0.857. The molecule has 1 atom stereocenters. The van der Waals surface area contributed by atoms with Gasteiger partial charge in [0.15, 0.2) is 0 Å². The Balaban J connectivity index is 2.27. The highest BCUT2D eigenvalue weighted by Crippen LogP contribution is 2.24. The average molecular weight is 246 g/mol. The fourth-order valence-electron chi connectivity index (χ4n) is 1.71. The van der Waals surface area contributed by atoms with E-state index in [9.17, 15) is 0 Å². The van der Waals surface area contributed by atoms with Crippen LogP contribution in [0.2, 0.25) is 0 Å². The second kappa shape index (κ2) is 4.98. The van der Waals surface area contributed by atoms with Crippen LogP contribution in [0.25, 0.3) is 11.3 Å². The molecular formula is C14H18N2S. The van der Waals surface area contributed by atoms with Crippen LogP contribution < -0.4 is 5.73 Å². The maximum Gasteiger partial charge on any atom is 0.0947 e. The molecule has 0 aliphatic heterocycles. The summed E-state index contributed by atoms with van der Waals surface area (Å²) in [5, 5.41) is 3.23. The molecule has 0 amide bonds. The summed E-state index contributed by atoms with van der Waals surface area (Å²) in [6.45, 7) is 6.27. The lowest BCUT2D eigenvalue weighted by atomic mass is 10.1. The Morgan fingerprint density at radius 2 is 2.06 bits per heavy atom. The molecule has 1 unspecified atom stereocenters. The number of nitrogens with zero attached hydrogens (tertiary/aromatic N) is 1. The van der Waals surface area contributed by atoms with Crippen molar-refractivity contribution in [2.45, 2.75) is 33.2 Å². The lowest BCUT2D eigenvalue weighted by Crippen LogP contribution is -2.17. The summed E-state index contributed by atoms with van der Waals surface area (Å²) in [4.78, 5) is 4.63. The molecule has 3 heteroatoms. The predicted octanol–water partition coefficient (Wildman–Crippen LogP) is 3.32. The van der Waals surface area contributed by atoms with Crippen LogP contribution in [0.1, 0.15) is 23.1 Å². The Bertz CT molecular complexity index is 515. The zero-order valence-electron chi connectivity index (χ0n) is 10.5. The molecule has 0 spiro atoms. The molecular weight excluding hydrogens is 228 g/mol. The first-order chi connectivity index (χ1) is 8.06. The Hall–Kier alpha value is -1.19. The molecule has 0 saturated heterocycles. The molecule has 0 aliphatic carbocycles. The second-order valence-corrected chi connectivity index (χ2v) is 5.55. The highest BCUT2D eigenvalue weighted by Gasteiger charge is 2.07. The molecule has 2 rings (SSSR count). The average Bonchev–Trinajstić information content (AvgIpc) is 2.69. The molecule has 17 heavy (non-hydrogen) atoms. The van der Waals surface area contributed by atoms with Crippen molar-refractivity contribution in [3.63, 3.8) is 0 Å². The number of hydrogen-bond donors (Lipinski definition) is 1. The Kier molecular flexibility index (Phi) is 3.60. The van der Waals surface area contributed by atoms with Crippen LogP contribution in [0.5, 0.6) is 0 Å². The van der Waals surface area contributed by atoms with E-state index >= 15 is 0 Å². The number of aromatic nitrogens is 1. The number of rotatable bonds is 3. The number of hydrogen-bond acceptors (Lipinski definition) is 3. The molecule has 2 N–H and O–H groups in total. The fraction of sp³-hybridized carbons (Fsp3) is 0.357. The van der Waals surface area contributed by atoms with E-state index in [-0.39, 0.29) is 6.04 Å². The van der Waals surface area contributed by atoms with Gasteiger partial charge in [-0.05, 0) is 38.0 Å². The van der Waals surface area contributed by atoms with Crippen LogP contribution in [0, 0.1) is 13.8 Å². The number of benzene rings is 1. The van der Waals surface area contributed by atoms with Crippen molar-refractivity contribution in [1.29, 1.82) is 0 Å². The third-order valence-electron chi connectivity index (χ3n) is 2.85. The lowest BCUT2D eigenvalue weighted by Gasteiger charge is -2.03. The van der Waals surface area contributed by atoms with Gasteiger partial charge < -0.3 is 5.73 Å². The first-order valence-corrected chi connectivity index (χ1v) is 6.72. The minimum Gasteiger partial charge on any atom is -0.328 e. The molecule has 90 valence electrons. The van der Waals surface area contributed by atoms with Gasteiger partial charge in [-0.25, -0.2) is 4.98 Å². The van der Waals surface area contributed by atoms with Gasteiger partial charge in [0.2, 0.25) is 0 Å². The first kappa shape index (κ1) is 12.3. The van der Waals surface area contributed by atoms with Crippen molar-refractivity contribution in [2.24, 2.45) is 5.73 Å². The molecule has 0 saturated carbocycles. The zero-order chi connectivity index (χ0) is 12.4. The van der Waals surface area contributed by atoms with Gasteiger partial charge in [-0.3, -0.25) is 0 Å². The van der Waals surface area contributed by atoms with Crippen LogP contribution >= 0.6 is 11.3 Å². The Morgan fingerprint density at radius 3 is 2.71 bits per heavy atom. The van der Waals surface area contributed by atoms with E-state index in [1.165, 1.54) is 16.7 Å².